The molecule has 1 heterocycles. The molecule has 0 saturated carbocycles. The van der Waals surface area contributed by atoms with Gasteiger partial charge in [-0.25, -0.2) is 4.98 Å². The SMILES string of the molecule is CC(CNc1ncccc1C#N)C(=O)O. The maximum absolute atomic E-state index is 10.5. The lowest BCUT2D eigenvalue weighted by atomic mass is 10.2. The highest BCUT2D eigenvalue weighted by molar-refractivity contribution is 5.70. The minimum absolute atomic E-state index is 0.251. The van der Waals surface area contributed by atoms with Crippen molar-refractivity contribution < 1.29 is 9.90 Å². The number of hydrogen-bond acceptors (Lipinski definition) is 4. The number of anilines is 1. The van der Waals surface area contributed by atoms with Crippen LogP contribution in [0.4, 0.5) is 5.82 Å². The molecule has 0 aliphatic rings. The fourth-order valence-electron chi connectivity index (χ4n) is 0.973. The van der Waals surface area contributed by atoms with E-state index in [4.69, 9.17) is 10.4 Å². The van der Waals surface area contributed by atoms with Gasteiger partial charge in [0.05, 0.1) is 11.5 Å². The maximum atomic E-state index is 10.5. The molecule has 2 N–H and O–H groups in total. The van der Waals surface area contributed by atoms with Crippen molar-refractivity contribution in [1.82, 2.24) is 4.98 Å². The largest absolute Gasteiger partial charge is 0.481 e. The molecule has 0 saturated heterocycles. The second-order valence-electron chi connectivity index (χ2n) is 3.13. The number of carbonyl (C=O) groups is 1. The summed E-state index contributed by atoms with van der Waals surface area (Å²) < 4.78 is 0. The van der Waals surface area contributed by atoms with Crippen LogP contribution in [0.25, 0.3) is 0 Å². The summed E-state index contributed by atoms with van der Waals surface area (Å²) in [4.78, 5) is 14.5. The summed E-state index contributed by atoms with van der Waals surface area (Å²) in [5.74, 6) is -0.969. The van der Waals surface area contributed by atoms with Crippen molar-refractivity contribution in [3.05, 3.63) is 23.9 Å². The van der Waals surface area contributed by atoms with E-state index in [-0.39, 0.29) is 6.54 Å². The number of nitriles is 1. The smallest absolute Gasteiger partial charge is 0.308 e. The number of nitrogens with one attached hydrogen (secondary N) is 1. The molecule has 0 aliphatic carbocycles. The van der Waals surface area contributed by atoms with Crippen LogP contribution in [0.5, 0.6) is 0 Å². The Morgan fingerprint density at radius 1 is 1.80 bits per heavy atom. The molecular weight excluding hydrogens is 194 g/mol. The van der Waals surface area contributed by atoms with Crippen LogP contribution >= 0.6 is 0 Å². The highest BCUT2D eigenvalue weighted by Crippen LogP contribution is 2.10. The van der Waals surface area contributed by atoms with Crippen LogP contribution < -0.4 is 5.32 Å². The van der Waals surface area contributed by atoms with E-state index in [1.165, 1.54) is 0 Å². The van der Waals surface area contributed by atoms with Gasteiger partial charge in [0.25, 0.3) is 0 Å². The Morgan fingerprint density at radius 2 is 2.53 bits per heavy atom. The third kappa shape index (κ3) is 2.95. The highest BCUT2D eigenvalue weighted by atomic mass is 16.4. The Bertz CT molecular complexity index is 398. The average molecular weight is 205 g/mol. The van der Waals surface area contributed by atoms with E-state index >= 15 is 0 Å². The fraction of sp³-hybridized carbons (Fsp3) is 0.300. The van der Waals surface area contributed by atoms with Crippen molar-refractivity contribution in [2.75, 3.05) is 11.9 Å². The molecule has 1 atom stereocenters. The van der Waals surface area contributed by atoms with Crippen LogP contribution in [0, 0.1) is 17.2 Å². The molecule has 15 heavy (non-hydrogen) atoms. The van der Waals surface area contributed by atoms with E-state index < -0.39 is 11.9 Å². The lowest BCUT2D eigenvalue weighted by molar-refractivity contribution is -0.140. The van der Waals surface area contributed by atoms with Gasteiger partial charge in [-0.05, 0) is 12.1 Å². The van der Waals surface area contributed by atoms with Crippen molar-refractivity contribution in [3.8, 4) is 6.07 Å². The molecule has 0 bridgehead atoms. The summed E-state index contributed by atoms with van der Waals surface area (Å²) in [7, 11) is 0. The summed E-state index contributed by atoms with van der Waals surface area (Å²) in [6.07, 6.45) is 1.55. The molecule has 1 aromatic rings. The summed E-state index contributed by atoms with van der Waals surface area (Å²) >= 11 is 0. The van der Waals surface area contributed by atoms with Crippen molar-refractivity contribution >= 4 is 11.8 Å². The molecule has 5 nitrogen and oxygen atoms in total. The fourth-order valence-corrected chi connectivity index (χ4v) is 0.973. The van der Waals surface area contributed by atoms with Crippen molar-refractivity contribution in [3.63, 3.8) is 0 Å². The second-order valence-corrected chi connectivity index (χ2v) is 3.13. The molecule has 0 fully saturated rings. The van der Waals surface area contributed by atoms with Gasteiger partial charge in [-0.3, -0.25) is 4.79 Å². The van der Waals surface area contributed by atoms with Gasteiger partial charge in [0.15, 0.2) is 0 Å². The topological polar surface area (TPSA) is 86.0 Å². The lowest BCUT2D eigenvalue weighted by Crippen LogP contribution is -2.20. The predicted molar refractivity (Wildman–Crippen MR) is 54.2 cm³/mol. The first-order chi connectivity index (χ1) is 7.15. The zero-order valence-corrected chi connectivity index (χ0v) is 8.27. The molecule has 0 spiro atoms. The molecule has 1 unspecified atom stereocenters. The van der Waals surface area contributed by atoms with Crippen LogP contribution in [-0.4, -0.2) is 22.6 Å². The van der Waals surface area contributed by atoms with Gasteiger partial charge in [-0.1, -0.05) is 6.92 Å². The highest BCUT2D eigenvalue weighted by Gasteiger charge is 2.11. The zero-order valence-electron chi connectivity index (χ0n) is 8.27. The van der Waals surface area contributed by atoms with Crippen LogP contribution in [-0.2, 0) is 4.79 Å². The van der Waals surface area contributed by atoms with Gasteiger partial charge in [0.2, 0.25) is 0 Å². The van der Waals surface area contributed by atoms with E-state index in [0.29, 0.717) is 11.4 Å². The van der Waals surface area contributed by atoms with Gasteiger partial charge in [0, 0.05) is 12.7 Å². The number of aromatic nitrogens is 1. The first kappa shape index (κ1) is 11.0. The zero-order chi connectivity index (χ0) is 11.3. The van der Waals surface area contributed by atoms with Gasteiger partial charge >= 0.3 is 5.97 Å². The van der Waals surface area contributed by atoms with E-state index in [2.05, 4.69) is 10.3 Å². The Balaban J connectivity index is 2.66. The first-order valence-corrected chi connectivity index (χ1v) is 4.47. The number of rotatable bonds is 4. The van der Waals surface area contributed by atoms with Gasteiger partial charge < -0.3 is 10.4 Å². The summed E-state index contributed by atoms with van der Waals surface area (Å²) in [5.41, 5.74) is 0.412. The van der Waals surface area contributed by atoms with E-state index in [0.717, 1.165) is 0 Å². The summed E-state index contributed by atoms with van der Waals surface area (Å²) in [6.45, 7) is 1.84. The lowest BCUT2D eigenvalue weighted by Gasteiger charge is -2.09. The Kier molecular flexibility index (Phi) is 3.63. The predicted octanol–water partition coefficient (Wildman–Crippen LogP) is 1.09. The van der Waals surface area contributed by atoms with Crippen LogP contribution in [0.2, 0.25) is 0 Å². The number of nitrogens with zero attached hydrogens (tertiary/aromatic N) is 2. The van der Waals surface area contributed by atoms with Gasteiger partial charge in [-0.2, -0.15) is 5.26 Å². The maximum Gasteiger partial charge on any atom is 0.308 e. The molecule has 0 aliphatic heterocycles. The minimum atomic E-state index is -0.878. The van der Waals surface area contributed by atoms with Crippen LogP contribution in [0.15, 0.2) is 18.3 Å². The average Bonchev–Trinajstić information content (AvgIpc) is 2.26. The Hall–Kier alpha value is -2.09. The summed E-state index contributed by atoms with van der Waals surface area (Å²) in [5, 5.41) is 20.2. The van der Waals surface area contributed by atoms with Gasteiger partial charge in [0.1, 0.15) is 11.9 Å². The van der Waals surface area contributed by atoms with Crippen LogP contribution in [0.1, 0.15) is 12.5 Å². The number of carboxylic acid groups (broad SMARTS) is 1. The summed E-state index contributed by atoms with van der Waals surface area (Å²) in [6, 6.07) is 5.26. The van der Waals surface area contributed by atoms with E-state index in [9.17, 15) is 4.79 Å². The third-order valence-electron chi connectivity index (χ3n) is 1.93. The number of pyridine rings is 1. The Morgan fingerprint density at radius 3 is 3.13 bits per heavy atom. The number of carboxylic acids is 1. The molecule has 0 amide bonds. The van der Waals surface area contributed by atoms with Crippen molar-refractivity contribution in [2.45, 2.75) is 6.92 Å². The normalized spacial score (nSPS) is 11.5. The monoisotopic (exact) mass is 205 g/mol. The molecular formula is C10H11N3O2. The van der Waals surface area contributed by atoms with Crippen molar-refractivity contribution in [2.24, 2.45) is 5.92 Å². The minimum Gasteiger partial charge on any atom is -0.481 e. The molecule has 78 valence electrons. The molecule has 0 radical (unpaired) electrons. The molecule has 0 aromatic carbocycles. The number of hydrogen-bond donors (Lipinski definition) is 2. The van der Waals surface area contributed by atoms with E-state index in [1.54, 1.807) is 25.3 Å². The van der Waals surface area contributed by atoms with Crippen LogP contribution in [0.3, 0.4) is 0 Å². The first-order valence-electron chi connectivity index (χ1n) is 4.47. The Labute approximate surface area is 87.4 Å². The van der Waals surface area contributed by atoms with E-state index in [1.807, 2.05) is 6.07 Å². The molecule has 5 heteroatoms. The van der Waals surface area contributed by atoms with Gasteiger partial charge in [-0.15, -0.1) is 0 Å². The third-order valence-corrected chi connectivity index (χ3v) is 1.93. The molecule has 1 rings (SSSR count). The standard InChI is InChI=1S/C10H11N3O2/c1-7(10(14)15)6-13-9-8(5-11)3-2-4-12-9/h2-4,7H,6H2,1H3,(H,12,13)(H,14,15). The number of aliphatic carboxylic acids is 1. The second kappa shape index (κ2) is 4.96. The molecule has 1 aromatic heterocycles. The quantitative estimate of drug-likeness (QED) is 0.768. The van der Waals surface area contributed by atoms with Crippen molar-refractivity contribution in [1.29, 1.82) is 5.26 Å².